The van der Waals surface area contributed by atoms with Crippen molar-refractivity contribution in [2.75, 3.05) is 6.61 Å². The third kappa shape index (κ3) is 4.32. The van der Waals surface area contributed by atoms with Gasteiger partial charge in [-0.15, -0.1) is 0 Å². The first-order chi connectivity index (χ1) is 13.4. The number of pyridine rings is 1. The maximum atomic E-state index is 13.2. The number of carbonyl (C=O) groups is 1. The van der Waals surface area contributed by atoms with Gasteiger partial charge in [0.15, 0.2) is 5.82 Å². The van der Waals surface area contributed by atoms with Gasteiger partial charge in [-0.2, -0.15) is 5.10 Å². The number of rotatable bonds is 6. The molecule has 2 aromatic heterocycles. The topological polar surface area (TPSA) is 92.9 Å². The van der Waals surface area contributed by atoms with Crippen LogP contribution in [0.15, 0.2) is 42.9 Å². The highest BCUT2D eigenvalue weighted by molar-refractivity contribution is 6.30. The summed E-state index contributed by atoms with van der Waals surface area (Å²) in [5.41, 5.74) is 1.42. The van der Waals surface area contributed by atoms with Crippen LogP contribution in [-0.4, -0.2) is 43.4 Å². The molecule has 0 aliphatic carbocycles. The summed E-state index contributed by atoms with van der Waals surface area (Å²) in [7, 11) is 0. The first kappa shape index (κ1) is 19.8. The molecule has 3 aromatic rings. The van der Waals surface area contributed by atoms with E-state index in [4.69, 9.17) is 16.7 Å². The second kappa shape index (κ2) is 8.41. The highest BCUT2D eigenvalue weighted by atomic mass is 35.5. The smallest absolute Gasteiger partial charge is 0.297 e. The lowest BCUT2D eigenvalue weighted by atomic mass is 10.0. The van der Waals surface area contributed by atoms with Gasteiger partial charge < -0.3 is 10.4 Å². The molecule has 2 heterocycles. The molecule has 1 atom stereocenters. The maximum Gasteiger partial charge on any atom is 0.297 e. The first-order valence-corrected chi connectivity index (χ1v) is 8.64. The monoisotopic (exact) mass is 407 g/mol. The van der Waals surface area contributed by atoms with Crippen LogP contribution in [0.4, 0.5) is 8.78 Å². The Bertz CT molecular complexity index is 978. The van der Waals surface area contributed by atoms with Gasteiger partial charge in [0, 0.05) is 23.4 Å². The Hall–Kier alpha value is -2.91. The Labute approximate surface area is 164 Å². The summed E-state index contributed by atoms with van der Waals surface area (Å²) in [5, 5.41) is 16.1. The molecule has 1 amide bonds. The van der Waals surface area contributed by atoms with E-state index >= 15 is 0 Å². The van der Waals surface area contributed by atoms with E-state index in [9.17, 15) is 13.6 Å². The molecule has 0 unspecified atom stereocenters. The van der Waals surface area contributed by atoms with Gasteiger partial charge in [0.05, 0.1) is 23.0 Å². The van der Waals surface area contributed by atoms with E-state index in [1.165, 1.54) is 12.3 Å². The summed E-state index contributed by atoms with van der Waals surface area (Å²) in [5.74, 6) is -1.02. The number of aliphatic hydroxyl groups excluding tert-OH is 1. The van der Waals surface area contributed by atoms with E-state index < -0.39 is 24.2 Å². The van der Waals surface area contributed by atoms with Gasteiger partial charge in [0.25, 0.3) is 12.3 Å². The van der Waals surface area contributed by atoms with Crippen LogP contribution in [0.2, 0.25) is 5.02 Å². The van der Waals surface area contributed by atoms with Crippen LogP contribution in [0.25, 0.3) is 16.9 Å². The normalized spacial score (nSPS) is 12.2. The zero-order chi connectivity index (χ0) is 20.3. The molecule has 2 N–H and O–H groups in total. The number of halogens is 3. The molecule has 0 radical (unpaired) electrons. The highest BCUT2D eigenvalue weighted by Crippen LogP contribution is 2.26. The van der Waals surface area contributed by atoms with Crippen molar-refractivity contribution in [1.29, 1.82) is 0 Å². The van der Waals surface area contributed by atoms with E-state index in [-0.39, 0.29) is 17.9 Å². The average Bonchev–Trinajstić information content (AvgIpc) is 3.18. The highest BCUT2D eigenvalue weighted by Gasteiger charge is 2.19. The lowest BCUT2D eigenvalue weighted by molar-refractivity contribution is 0.0922. The molecule has 0 spiro atoms. The molecule has 3 rings (SSSR count). The minimum atomic E-state index is -2.84. The van der Waals surface area contributed by atoms with E-state index in [1.807, 2.05) is 0 Å². The minimum Gasteiger partial charge on any atom is -0.394 e. The molecule has 1 aromatic carbocycles. The number of alkyl halides is 2. The largest absolute Gasteiger partial charge is 0.394 e. The molecular weight excluding hydrogens is 392 g/mol. The Morgan fingerprint density at radius 1 is 1.29 bits per heavy atom. The Balaban J connectivity index is 2.12. The van der Waals surface area contributed by atoms with Crippen LogP contribution in [0.3, 0.4) is 0 Å². The summed E-state index contributed by atoms with van der Waals surface area (Å²) in [6.07, 6.45) is -0.383. The van der Waals surface area contributed by atoms with Crippen molar-refractivity contribution in [3.8, 4) is 16.9 Å². The second-order valence-corrected chi connectivity index (χ2v) is 6.45. The summed E-state index contributed by atoms with van der Waals surface area (Å²) in [6, 6.07) is 7.36. The van der Waals surface area contributed by atoms with Gasteiger partial charge in [-0.25, -0.2) is 18.4 Å². The van der Waals surface area contributed by atoms with E-state index in [2.05, 4.69) is 20.4 Å². The van der Waals surface area contributed by atoms with Gasteiger partial charge in [-0.1, -0.05) is 11.6 Å². The van der Waals surface area contributed by atoms with Gasteiger partial charge >= 0.3 is 0 Å². The number of aromatic nitrogens is 4. The summed E-state index contributed by atoms with van der Waals surface area (Å²) in [6.45, 7) is 1.39. The number of benzene rings is 1. The van der Waals surface area contributed by atoms with Crippen molar-refractivity contribution in [3.05, 3.63) is 59.3 Å². The van der Waals surface area contributed by atoms with Crippen molar-refractivity contribution in [2.24, 2.45) is 0 Å². The summed E-state index contributed by atoms with van der Waals surface area (Å²) >= 11 is 5.87. The molecular formula is C18H16ClF2N5O2. The number of aliphatic hydroxyl groups is 1. The van der Waals surface area contributed by atoms with E-state index in [1.54, 1.807) is 31.2 Å². The fourth-order valence-corrected chi connectivity index (χ4v) is 2.62. The van der Waals surface area contributed by atoms with E-state index in [0.29, 0.717) is 16.3 Å². The lowest BCUT2D eigenvalue weighted by Crippen LogP contribution is -2.35. The van der Waals surface area contributed by atoms with Crippen LogP contribution >= 0.6 is 11.6 Å². The van der Waals surface area contributed by atoms with Crippen molar-refractivity contribution in [1.82, 2.24) is 25.1 Å². The Kier molecular flexibility index (Phi) is 5.96. The molecule has 146 valence electrons. The zero-order valence-electron chi connectivity index (χ0n) is 14.7. The van der Waals surface area contributed by atoms with Gasteiger partial charge in [-0.05, 0) is 37.3 Å². The average molecular weight is 408 g/mol. The zero-order valence-corrected chi connectivity index (χ0v) is 15.4. The van der Waals surface area contributed by atoms with Gasteiger partial charge in [-0.3, -0.25) is 9.78 Å². The molecule has 10 heteroatoms. The van der Waals surface area contributed by atoms with Gasteiger partial charge in [0.2, 0.25) is 0 Å². The van der Waals surface area contributed by atoms with Crippen molar-refractivity contribution in [3.63, 3.8) is 0 Å². The van der Waals surface area contributed by atoms with Crippen molar-refractivity contribution >= 4 is 17.5 Å². The van der Waals surface area contributed by atoms with Gasteiger partial charge in [0.1, 0.15) is 6.33 Å². The fraction of sp³-hybridized carbons (Fsp3) is 0.222. The third-order valence-electron chi connectivity index (χ3n) is 3.87. The first-order valence-electron chi connectivity index (χ1n) is 8.26. The van der Waals surface area contributed by atoms with Crippen molar-refractivity contribution in [2.45, 2.75) is 19.4 Å². The quantitative estimate of drug-likeness (QED) is 0.655. The number of nitrogens with zero attached hydrogens (tertiary/aromatic N) is 4. The standard InChI is InChI=1S/C18H16ClF2N5O2/c1-10(8-27)25-18(28)12-4-11(15-3-2-13(19)7-22-15)5-14(6-12)26-17(16(20)21)23-9-24-26/h2-7,9-10,16,27H,8H2,1H3,(H,25,28)/t10-/m0/s1. The molecule has 7 nitrogen and oxygen atoms in total. The van der Waals surface area contributed by atoms with Crippen LogP contribution < -0.4 is 5.32 Å². The van der Waals surface area contributed by atoms with Crippen molar-refractivity contribution < 1.29 is 18.7 Å². The number of carbonyl (C=O) groups excluding carboxylic acids is 1. The molecule has 0 saturated heterocycles. The predicted molar refractivity (Wildman–Crippen MR) is 98.6 cm³/mol. The molecule has 0 bridgehead atoms. The fourth-order valence-electron chi connectivity index (χ4n) is 2.51. The summed E-state index contributed by atoms with van der Waals surface area (Å²) < 4.78 is 27.4. The minimum absolute atomic E-state index is 0.195. The molecule has 0 aliphatic rings. The maximum absolute atomic E-state index is 13.2. The Morgan fingerprint density at radius 2 is 2.07 bits per heavy atom. The van der Waals surface area contributed by atoms with Crippen LogP contribution in [-0.2, 0) is 0 Å². The molecule has 0 aliphatic heterocycles. The van der Waals surface area contributed by atoms with Crippen LogP contribution in [0.5, 0.6) is 0 Å². The molecule has 28 heavy (non-hydrogen) atoms. The molecule has 0 fully saturated rings. The number of nitrogens with one attached hydrogen (secondary N) is 1. The number of hydrogen-bond donors (Lipinski definition) is 2. The number of amides is 1. The van der Waals surface area contributed by atoms with Crippen LogP contribution in [0.1, 0.15) is 29.5 Å². The lowest BCUT2D eigenvalue weighted by Gasteiger charge is -2.14. The van der Waals surface area contributed by atoms with E-state index in [0.717, 1.165) is 11.0 Å². The second-order valence-electron chi connectivity index (χ2n) is 6.02. The third-order valence-corrected chi connectivity index (χ3v) is 4.09. The molecule has 0 saturated carbocycles. The van der Waals surface area contributed by atoms with Crippen LogP contribution in [0, 0.1) is 0 Å². The number of hydrogen-bond acceptors (Lipinski definition) is 5. The SMILES string of the molecule is C[C@@H](CO)NC(=O)c1cc(-c2ccc(Cl)cn2)cc(-n2ncnc2C(F)F)c1. The predicted octanol–water partition coefficient (Wildman–Crippen LogP) is 3.03. The Morgan fingerprint density at radius 3 is 2.71 bits per heavy atom. The summed E-state index contributed by atoms with van der Waals surface area (Å²) in [4.78, 5) is 20.3.